The number of ether oxygens (including phenoxy) is 1. The van der Waals surface area contributed by atoms with Crippen LogP contribution in [-0.4, -0.2) is 12.5 Å². The molecular weight excluding hydrogens is 266 g/mol. The molecule has 2 aromatic carbocycles. The van der Waals surface area contributed by atoms with Crippen LogP contribution in [-0.2, 0) is 4.79 Å². The predicted molar refractivity (Wildman–Crippen MR) is 80.9 cm³/mol. The van der Waals surface area contributed by atoms with E-state index in [9.17, 15) is 4.79 Å². The van der Waals surface area contributed by atoms with Crippen LogP contribution < -0.4 is 15.8 Å². The zero-order chi connectivity index (χ0) is 15.2. The molecule has 0 atom stereocenters. The fourth-order valence-electron chi connectivity index (χ4n) is 1.79. The zero-order valence-electron chi connectivity index (χ0n) is 11.6. The van der Waals surface area contributed by atoms with Gasteiger partial charge in [-0.05, 0) is 36.8 Å². The van der Waals surface area contributed by atoms with Crippen LogP contribution in [0.4, 0.5) is 11.4 Å². The summed E-state index contributed by atoms with van der Waals surface area (Å²) in [5, 5.41) is 11.7. The first-order valence-electron chi connectivity index (χ1n) is 6.38. The van der Waals surface area contributed by atoms with Gasteiger partial charge >= 0.3 is 0 Å². The molecular formula is C16H15N3O2. The minimum atomic E-state index is -0.309. The van der Waals surface area contributed by atoms with Crippen LogP contribution in [0.5, 0.6) is 5.75 Å². The number of benzene rings is 2. The number of carbonyl (C=O) groups is 1. The third-order valence-electron chi connectivity index (χ3n) is 2.90. The predicted octanol–water partition coefficient (Wildman–Crippen LogP) is 2.47. The molecule has 0 fully saturated rings. The van der Waals surface area contributed by atoms with Gasteiger partial charge in [0.15, 0.2) is 6.61 Å². The van der Waals surface area contributed by atoms with Crippen LogP contribution >= 0.6 is 0 Å². The molecule has 0 bridgehead atoms. The maximum Gasteiger partial charge on any atom is 0.262 e. The number of nitrogens with zero attached hydrogens (tertiary/aromatic N) is 1. The lowest BCUT2D eigenvalue weighted by molar-refractivity contribution is -0.118. The topological polar surface area (TPSA) is 88.1 Å². The van der Waals surface area contributed by atoms with Crippen LogP contribution in [0.3, 0.4) is 0 Å². The second kappa shape index (κ2) is 6.44. The summed E-state index contributed by atoms with van der Waals surface area (Å²) in [5.74, 6) is 0.0795. The first-order chi connectivity index (χ1) is 10.1. The number of nitrogens with one attached hydrogen (secondary N) is 1. The average molecular weight is 281 g/mol. The number of rotatable bonds is 4. The molecule has 106 valence electrons. The Labute approximate surface area is 123 Å². The van der Waals surface area contributed by atoms with Gasteiger partial charge in [-0.3, -0.25) is 4.79 Å². The third-order valence-corrected chi connectivity index (χ3v) is 2.90. The minimum Gasteiger partial charge on any atom is -0.482 e. The second-order valence-corrected chi connectivity index (χ2v) is 4.52. The molecule has 0 saturated carbocycles. The maximum absolute atomic E-state index is 11.9. The van der Waals surface area contributed by atoms with E-state index in [1.54, 1.807) is 36.4 Å². The van der Waals surface area contributed by atoms with Crippen molar-refractivity contribution in [3.05, 3.63) is 53.6 Å². The number of amides is 1. The Morgan fingerprint density at radius 2 is 2.10 bits per heavy atom. The molecule has 0 aliphatic rings. The van der Waals surface area contributed by atoms with Gasteiger partial charge in [0, 0.05) is 11.4 Å². The third kappa shape index (κ3) is 3.74. The van der Waals surface area contributed by atoms with Gasteiger partial charge in [0.1, 0.15) is 11.8 Å². The van der Waals surface area contributed by atoms with Crippen molar-refractivity contribution >= 4 is 17.3 Å². The first kappa shape index (κ1) is 14.4. The standard InChI is InChI=1S/C16H15N3O2/c1-11-6-7-13(18)8-14(11)19-16(20)10-21-15-5-3-2-4-12(15)9-17/h2-8H,10,18H2,1H3,(H,19,20). The number of para-hydroxylation sites is 1. The van der Waals surface area contributed by atoms with Gasteiger partial charge in [-0.15, -0.1) is 0 Å². The van der Waals surface area contributed by atoms with E-state index in [0.29, 0.717) is 22.7 Å². The Morgan fingerprint density at radius 1 is 1.33 bits per heavy atom. The van der Waals surface area contributed by atoms with Crippen molar-refractivity contribution in [1.29, 1.82) is 5.26 Å². The second-order valence-electron chi connectivity index (χ2n) is 4.52. The van der Waals surface area contributed by atoms with Gasteiger partial charge in [0.05, 0.1) is 5.56 Å². The highest BCUT2D eigenvalue weighted by Gasteiger charge is 2.08. The first-order valence-corrected chi connectivity index (χ1v) is 6.38. The molecule has 2 aromatic rings. The largest absolute Gasteiger partial charge is 0.482 e. The molecule has 0 aliphatic heterocycles. The number of hydrogen-bond donors (Lipinski definition) is 2. The molecule has 0 unspecified atom stereocenters. The van der Waals surface area contributed by atoms with E-state index in [1.807, 2.05) is 19.1 Å². The van der Waals surface area contributed by atoms with Crippen LogP contribution in [0, 0.1) is 18.3 Å². The van der Waals surface area contributed by atoms with Crippen LogP contribution in [0.25, 0.3) is 0 Å². The van der Waals surface area contributed by atoms with Crippen molar-refractivity contribution in [3.8, 4) is 11.8 Å². The average Bonchev–Trinajstić information content (AvgIpc) is 2.49. The summed E-state index contributed by atoms with van der Waals surface area (Å²) in [6.45, 7) is 1.70. The lowest BCUT2D eigenvalue weighted by atomic mass is 10.2. The summed E-state index contributed by atoms with van der Waals surface area (Å²) < 4.78 is 5.37. The van der Waals surface area contributed by atoms with Crippen molar-refractivity contribution in [1.82, 2.24) is 0 Å². The highest BCUT2D eigenvalue weighted by Crippen LogP contribution is 2.19. The van der Waals surface area contributed by atoms with Gasteiger partial charge < -0.3 is 15.8 Å². The molecule has 0 spiro atoms. The number of hydrogen-bond acceptors (Lipinski definition) is 4. The van der Waals surface area contributed by atoms with Crippen molar-refractivity contribution in [3.63, 3.8) is 0 Å². The number of anilines is 2. The highest BCUT2D eigenvalue weighted by molar-refractivity contribution is 5.93. The van der Waals surface area contributed by atoms with E-state index in [4.69, 9.17) is 15.7 Å². The molecule has 0 heterocycles. The lowest BCUT2D eigenvalue weighted by Crippen LogP contribution is -2.21. The normalized spacial score (nSPS) is 9.71. The maximum atomic E-state index is 11.9. The van der Waals surface area contributed by atoms with Crippen molar-refractivity contribution < 1.29 is 9.53 Å². The van der Waals surface area contributed by atoms with Crippen molar-refractivity contribution in [2.24, 2.45) is 0 Å². The smallest absolute Gasteiger partial charge is 0.262 e. The Morgan fingerprint density at radius 3 is 2.86 bits per heavy atom. The SMILES string of the molecule is Cc1ccc(N)cc1NC(=O)COc1ccccc1C#N. The zero-order valence-corrected chi connectivity index (χ0v) is 11.6. The fourth-order valence-corrected chi connectivity index (χ4v) is 1.79. The van der Waals surface area contributed by atoms with Crippen molar-refractivity contribution in [2.45, 2.75) is 6.92 Å². The summed E-state index contributed by atoms with van der Waals surface area (Å²) in [6, 6.07) is 14.1. The summed E-state index contributed by atoms with van der Waals surface area (Å²) in [6.07, 6.45) is 0. The van der Waals surface area contributed by atoms with Crippen LogP contribution in [0.2, 0.25) is 0 Å². The number of carbonyl (C=O) groups excluding carboxylic acids is 1. The molecule has 1 amide bonds. The summed E-state index contributed by atoms with van der Waals surface area (Å²) in [5.41, 5.74) is 8.22. The van der Waals surface area contributed by atoms with E-state index < -0.39 is 0 Å². The number of nitriles is 1. The lowest BCUT2D eigenvalue weighted by Gasteiger charge is -2.10. The molecule has 21 heavy (non-hydrogen) atoms. The Balaban J connectivity index is 2.00. The molecule has 5 heteroatoms. The fraction of sp³-hybridized carbons (Fsp3) is 0.125. The molecule has 3 N–H and O–H groups in total. The monoisotopic (exact) mass is 281 g/mol. The highest BCUT2D eigenvalue weighted by atomic mass is 16.5. The van der Waals surface area contributed by atoms with Crippen LogP contribution in [0.15, 0.2) is 42.5 Å². The number of nitrogens with two attached hydrogens (primary N) is 1. The van der Waals surface area contributed by atoms with E-state index in [1.165, 1.54) is 0 Å². The molecule has 0 aromatic heterocycles. The van der Waals surface area contributed by atoms with Gasteiger partial charge in [0.25, 0.3) is 5.91 Å². The van der Waals surface area contributed by atoms with E-state index in [0.717, 1.165) is 5.56 Å². The Bertz CT molecular complexity index is 705. The Kier molecular flexibility index (Phi) is 4.42. The summed E-state index contributed by atoms with van der Waals surface area (Å²) in [4.78, 5) is 11.9. The number of nitrogen functional groups attached to an aromatic ring is 1. The van der Waals surface area contributed by atoms with Gasteiger partial charge in [0.2, 0.25) is 0 Å². The van der Waals surface area contributed by atoms with E-state index in [2.05, 4.69) is 5.32 Å². The molecule has 0 aliphatic carbocycles. The number of aryl methyl sites for hydroxylation is 1. The molecule has 0 radical (unpaired) electrons. The van der Waals surface area contributed by atoms with Gasteiger partial charge in [-0.25, -0.2) is 0 Å². The quantitative estimate of drug-likeness (QED) is 0.843. The molecule has 5 nitrogen and oxygen atoms in total. The van der Waals surface area contributed by atoms with Gasteiger partial charge in [-0.2, -0.15) is 5.26 Å². The molecule has 2 rings (SSSR count). The summed E-state index contributed by atoms with van der Waals surface area (Å²) in [7, 11) is 0. The molecule has 0 saturated heterocycles. The van der Waals surface area contributed by atoms with Crippen LogP contribution in [0.1, 0.15) is 11.1 Å². The van der Waals surface area contributed by atoms with E-state index >= 15 is 0 Å². The minimum absolute atomic E-state index is 0.174. The van der Waals surface area contributed by atoms with Gasteiger partial charge in [-0.1, -0.05) is 18.2 Å². The Hall–Kier alpha value is -3.00. The summed E-state index contributed by atoms with van der Waals surface area (Å²) >= 11 is 0. The van der Waals surface area contributed by atoms with Crippen molar-refractivity contribution in [2.75, 3.05) is 17.7 Å². The van der Waals surface area contributed by atoms with E-state index in [-0.39, 0.29) is 12.5 Å².